The van der Waals surface area contributed by atoms with Crippen molar-refractivity contribution >= 4 is 38.1 Å². The highest BCUT2D eigenvalue weighted by molar-refractivity contribution is 7.91. The molecule has 2 fully saturated rings. The Labute approximate surface area is 250 Å². The van der Waals surface area contributed by atoms with E-state index >= 15 is 0 Å². The van der Waals surface area contributed by atoms with E-state index in [1.807, 2.05) is 12.1 Å². The Balaban J connectivity index is 1.25. The number of anilines is 2. The second kappa shape index (κ2) is 13.2. The van der Waals surface area contributed by atoms with Gasteiger partial charge in [0.05, 0.1) is 53.6 Å². The van der Waals surface area contributed by atoms with Gasteiger partial charge in [-0.3, -0.25) is 4.98 Å². The Morgan fingerprint density at radius 1 is 1.00 bits per heavy atom. The van der Waals surface area contributed by atoms with E-state index in [1.165, 1.54) is 0 Å². The molecule has 2 aromatic carbocycles. The number of urea groups is 1. The normalized spacial score (nSPS) is 16.7. The zero-order chi connectivity index (χ0) is 30.4. The summed E-state index contributed by atoms with van der Waals surface area (Å²) < 4.78 is 35.0. The zero-order valence-corrected chi connectivity index (χ0v) is 24.8. The number of piperazine rings is 1. The van der Waals surface area contributed by atoms with Crippen LogP contribution < -0.4 is 19.7 Å². The fourth-order valence-electron chi connectivity index (χ4n) is 5.29. The fourth-order valence-corrected chi connectivity index (χ4v) is 6.57. The van der Waals surface area contributed by atoms with Crippen molar-refractivity contribution < 1.29 is 22.7 Å². The van der Waals surface area contributed by atoms with Gasteiger partial charge in [-0.2, -0.15) is 10.5 Å². The number of pyridine rings is 1. The van der Waals surface area contributed by atoms with E-state index in [2.05, 4.69) is 32.2 Å². The highest BCUT2D eigenvalue weighted by Gasteiger charge is 2.26. The number of hydrogen-bond acceptors (Lipinski definition) is 10. The van der Waals surface area contributed by atoms with Gasteiger partial charge >= 0.3 is 6.03 Å². The third kappa shape index (κ3) is 7.08. The molecule has 1 N–H and O–H groups in total. The summed E-state index contributed by atoms with van der Waals surface area (Å²) in [6.07, 6.45) is 2.29. The van der Waals surface area contributed by atoms with E-state index in [1.54, 1.807) is 42.5 Å². The Hall–Kier alpha value is -4.59. The van der Waals surface area contributed by atoms with Crippen LogP contribution in [0.1, 0.15) is 17.5 Å². The highest BCUT2D eigenvalue weighted by Crippen LogP contribution is 2.38. The molecule has 0 bridgehead atoms. The summed E-state index contributed by atoms with van der Waals surface area (Å²) in [4.78, 5) is 23.3. The van der Waals surface area contributed by atoms with Crippen molar-refractivity contribution in [3.05, 3.63) is 53.7 Å². The Morgan fingerprint density at radius 2 is 1.72 bits per heavy atom. The monoisotopic (exact) mass is 603 g/mol. The second-order valence-corrected chi connectivity index (χ2v) is 12.7. The number of sulfone groups is 1. The summed E-state index contributed by atoms with van der Waals surface area (Å²) in [5, 5.41) is 22.5. The fraction of sp³-hybridized carbons (Fsp3) is 0.400. The molecule has 1 aromatic heterocycles. The molecule has 2 aliphatic rings. The largest absolute Gasteiger partial charge is 0.493 e. The van der Waals surface area contributed by atoms with Gasteiger partial charge in [0.2, 0.25) is 0 Å². The maximum atomic E-state index is 12.9. The summed E-state index contributed by atoms with van der Waals surface area (Å²) >= 11 is 0. The topological polar surface area (TPSA) is 152 Å². The van der Waals surface area contributed by atoms with Crippen LogP contribution in [0.15, 0.2) is 42.6 Å². The van der Waals surface area contributed by atoms with Crippen LogP contribution in [0.25, 0.3) is 10.9 Å². The van der Waals surface area contributed by atoms with Crippen molar-refractivity contribution in [2.45, 2.75) is 6.42 Å². The smallest absolute Gasteiger partial charge is 0.321 e. The van der Waals surface area contributed by atoms with E-state index in [4.69, 9.17) is 14.7 Å². The molecule has 224 valence electrons. The summed E-state index contributed by atoms with van der Waals surface area (Å²) in [6, 6.07) is 14.5. The van der Waals surface area contributed by atoms with Gasteiger partial charge in [-0.05, 0) is 36.8 Å². The summed E-state index contributed by atoms with van der Waals surface area (Å²) in [7, 11) is -1.34. The first-order chi connectivity index (χ1) is 20.8. The molecule has 0 spiro atoms. The molecule has 2 amide bonds. The maximum Gasteiger partial charge on any atom is 0.321 e. The molecule has 5 rings (SSSR count). The number of carbonyl (C=O) groups excluding carboxylic acids is 1. The number of nitriles is 2. The van der Waals surface area contributed by atoms with Crippen LogP contribution in [0, 0.1) is 22.7 Å². The predicted molar refractivity (Wildman–Crippen MR) is 162 cm³/mol. The van der Waals surface area contributed by atoms with Gasteiger partial charge in [-0.1, -0.05) is 0 Å². The molecule has 2 aliphatic heterocycles. The van der Waals surface area contributed by atoms with Gasteiger partial charge in [-0.15, -0.1) is 0 Å². The highest BCUT2D eigenvalue weighted by atomic mass is 32.2. The third-order valence-electron chi connectivity index (χ3n) is 7.71. The van der Waals surface area contributed by atoms with Crippen molar-refractivity contribution in [2.24, 2.45) is 0 Å². The van der Waals surface area contributed by atoms with Gasteiger partial charge in [0.1, 0.15) is 6.07 Å². The van der Waals surface area contributed by atoms with Crippen molar-refractivity contribution in [1.29, 1.82) is 10.5 Å². The summed E-state index contributed by atoms with van der Waals surface area (Å²) in [5.41, 5.74) is 2.97. The number of nitrogens with zero attached hydrogens (tertiary/aromatic N) is 6. The lowest BCUT2D eigenvalue weighted by Gasteiger charge is -2.36. The number of ether oxygens (including phenoxy) is 2. The number of aromatic nitrogens is 1. The van der Waals surface area contributed by atoms with E-state index in [0.29, 0.717) is 79.7 Å². The first-order valence-electron chi connectivity index (χ1n) is 14.1. The molecule has 0 radical (unpaired) electrons. The van der Waals surface area contributed by atoms with Crippen LogP contribution >= 0.6 is 0 Å². The van der Waals surface area contributed by atoms with Gasteiger partial charge in [-0.25, -0.2) is 13.2 Å². The Bertz CT molecular complexity index is 1660. The lowest BCUT2D eigenvalue weighted by atomic mass is 10.1. The van der Waals surface area contributed by atoms with E-state index < -0.39 is 9.84 Å². The van der Waals surface area contributed by atoms with Gasteiger partial charge < -0.3 is 29.5 Å². The van der Waals surface area contributed by atoms with Crippen LogP contribution in [0.4, 0.5) is 16.2 Å². The van der Waals surface area contributed by atoms with Crippen molar-refractivity contribution in [3.8, 4) is 23.6 Å². The number of fused-ring (bicyclic) bond motifs is 1. The van der Waals surface area contributed by atoms with Gasteiger partial charge in [0, 0.05) is 69.2 Å². The van der Waals surface area contributed by atoms with Crippen LogP contribution in [-0.2, 0) is 9.84 Å². The Morgan fingerprint density at radius 3 is 2.37 bits per heavy atom. The lowest BCUT2D eigenvalue weighted by Crippen LogP contribution is -2.50. The number of benzene rings is 2. The summed E-state index contributed by atoms with van der Waals surface area (Å²) in [5.74, 6) is 1.47. The number of methoxy groups -OCH3 is 1. The quantitative estimate of drug-likeness (QED) is 0.381. The molecular weight excluding hydrogens is 570 g/mol. The predicted octanol–water partition coefficient (Wildman–Crippen LogP) is 2.84. The average Bonchev–Trinajstić information content (AvgIpc) is 3.03. The first kappa shape index (κ1) is 29.9. The molecule has 3 heterocycles. The number of rotatable bonds is 8. The zero-order valence-electron chi connectivity index (χ0n) is 24.0. The van der Waals surface area contributed by atoms with E-state index in [0.717, 1.165) is 24.0 Å². The SMILES string of the molecule is COc1cc2c(N3CCN(C(=O)Nc4ccc(C#N)cc4)CC3)c(C#N)cnc2cc1OCCCN1CCS(=O)(=O)CC1. The molecular formula is C30H33N7O5S. The molecule has 43 heavy (non-hydrogen) atoms. The maximum absolute atomic E-state index is 12.9. The minimum absolute atomic E-state index is 0.200. The second-order valence-electron chi connectivity index (χ2n) is 10.4. The van der Waals surface area contributed by atoms with Crippen LogP contribution in [0.3, 0.4) is 0 Å². The lowest BCUT2D eigenvalue weighted by molar-refractivity contribution is 0.208. The van der Waals surface area contributed by atoms with E-state index in [-0.39, 0.29) is 17.5 Å². The van der Waals surface area contributed by atoms with Crippen LogP contribution in [0.2, 0.25) is 0 Å². The van der Waals surface area contributed by atoms with Gasteiger partial charge in [0.15, 0.2) is 21.3 Å². The van der Waals surface area contributed by atoms with Gasteiger partial charge in [0.25, 0.3) is 0 Å². The summed E-state index contributed by atoms with van der Waals surface area (Å²) in [6.45, 7) is 4.23. The minimum atomic E-state index is -2.90. The average molecular weight is 604 g/mol. The minimum Gasteiger partial charge on any atom is -0.493 e. The number of amides is 2. The van der Waals surface area contributed by atoms with Crippen molar-refractivity contribution in [3.63, 3.8) is 0 Å². The number of carbonyl (C=O) groups is 1. The first-order valence-corrected chi connectivity index (χ1v) is 15.9. The number of hydrogen-bond donors (Lipinski definition) is 1. The molecule has 3 aromatic rings. The molecule has 12 nitrogen and oxygen atoms in total. The molecule has 0 aliphatic carbocycles. The molecule has 13 heteroatoms. The van der Waals surface area contributed by atoms with Crippen molar-refractivity contribution in [1.82, 2.24) is 14.8 Å². The van der Waals surface area contributed by atoms with E-state index in [9.17, 15) is 18.5 Å². The molecule has 0 atom stereocenters. The molecule has 2 saturated heterocycles. The third-order valence-corrected chi connectivity index (χ3v) is 9.32. The Kier molecular flexibility index (Phi) is 9.14. The number of nitrogens with one attached hydrogen (secondary N) is 1. The molecule has 0 unspecified atom stereocenters. The van der Waals surface area contributed by atoms with Crippen LogP contribution in [0.5, 0.6) is 11.5 Å². The van der Waals surface area contributed by atoms with Crippen LogP contribution in [-0.4, -0.2) is 100 Å². The molecule has 0 saturated carbocycles. The standard InChI is InChI=1S/C30H33N7O5S/c1-41-27-17-25-26(18-28(27)42-14-2-7-35-12-15-43(39,40)16-13-35)33-21-23(20-32)29(25)36-8-10-37(11-9-36)30(38)34-24-5-3-22(19-31)4-6-24/h3-6,17-18,21H,2,7-16H2,1H3,(H,34,38). The van der Waals surface area contributed by atoms with Crippen molar-refractivity contribution in [2.75, 3.05) is 81.3 Å².